The van der Waals surface area contributed by atoms with Crippen LogP contribution in [0.4, 0.5) is 0 Å². The van der Waals surface area contributed by atoms with E-state index in [9.17, 15) is 4.79 Å². The van der Waals surface area contributed by atoms with Crippen molar-refractivity contribution >= 4 is 40.3 Å². The second kappa shape index (κ2) is 11.4. The highest BCUT2D eigenvalue weighted by atomic mass is 32.2. The molecule has 2 aromatic rings. The summed E-state index contributed by atoms with van der Waals surface area (Å²) in [6.07, 6.45) is 3.58. The third-order valence-electron chi connectivity index (χ3n) is 5.36. The molecule has 0 bridgehead atoms. The second-order valence-electron chi connectivity index (χ2n) is 7.52. The van der Waals surface area contributed by atoms with E-state index in [2.05, 4.69) is 19.9 Å². The Kier molecular flexibility index (Phi) is 8.59. The Bertz CT molecular complexity index is 1010. The van der Waals surface area contributed by atoms with Gasteiger partial charge in [0.05, 0.1) is 25.2 Å². The topological polar surface area (TPSA) is 48.0 Å². The quantitative estimate of drug-likeness (QED) is 0.245. The first-order chi connectivity index (χ1) is 15.5. The molecule has 0 aromatic heterocycles. The van der Waals surface area contributed by atoms with Crippen LogP contribution >= 0.6 is 24.0 Å². The van der Waals surface area contributed by atoms with E-state index >= 15 is 0 Å². The highest BCUT2D eigenvalue weighted by Crippen LogP contribution is 2.37. The number of likely N-dealkylation sites (N-methyl/N-ethyl adjacent to an activating group) is 1. The van der Waals surface area contributed by atoms with E-state index in [1.54, 1.807) is 20.2 Å². The molecule has 170 valence electrons. The molecule has 0 aliphatic carbocycles. The van der Waals surface area contributed by atoms with E-state index in [4.69, 9.17) is 26.4 Å². The van der Waals surface area contributed by atoms with Gasteiger partial charge in [0.25, 0.3) is 5.91 Å². The molecule has 1 aliphatic heterocycles. The summed E-state index contributed by atoms with van der Waals surface area (Å²) in [5.41, 5.74) is 2.01. The molecule has 7 heteroatoms. The van der Waals surface area contributed by atoms with Crippen LogP contribution in [-0.4, -0.2) is 42.5 Å². The number of hydrogen-bond acceptors (Lipinski definition) is 6. The first kappa shape index (κ1) is 24.1. The van der Waals surface area contributed by atoms with E-state index in [1.165, 1.54) is 22.2 Å². The molecule has 1 amide bonds. The van der Waals surface area contributed by atoms with E-state index in [1.807, 2.05) is 36.4 Å². The maximum atomic E-state index is 12.4. The van der Waals surface area contributed by atoms with E-state index in [0.29, 0.717) is 46.3 Å². The van der Waals surface area contributed by atoms with Gasteiger partial charge in [0, 0.05) is 19.0 Å². The van der Waals surface area contributed by atoms with Gasteiger partial charge < -0.3 is 14.2 Å². The molecule has 2 aromatic carbocycles. The Morgan fingerprint density at radius 3 is 2.50 bits per heavy atom. The van der Waals surface area contributed by atoms with Crippen LogP contribution in [-0.2, 0) is 4.79 Å². The minimum atomic E-state index is -0.109. The number of para-hydroxylation sites is 2. The number of carbonyl (C=O) groups is 1. The van der Waals surface area contributed by atoms with Crippen LogP contribution in [0.25, 0.3) is 6.08 Å². The molecule has 3 rings (SSSR count). The van der Waals surface area contributed by atoms with Crippen molar-refractivity contribution < 1.29 is 19.0 Å². The van der Waals surface area contributed by atoms with Crippen molar-refractivity contribution in [3.8, 4) is 17.2 Å². The lowest BCUT2D eigenvalue weighted by Gasteiger charge is -2.16. The number of carbonyl (C=O) groups excluding carboxylic acids is 1. The highest BCUT2D eigenvalue weighted by Gasteiger charge is 2.29. The van der Waals surface area contributed by atoms with Gasteiger partial charge in [-0.2, -0.15) is 0 Å². The Morgan fingerprint density at radius 1 is 1.09 bits per heavy atom. The fourth-order valence-corrected chi connectivity index (χ4v) is 4.47. The first-order valence-corrected chi connectivity index (χ1v) is 11.9. The van der Waals surface area contributed by atoms with Crippen LogP contribution in [0.5, 0.6) is 17.2 Å². The molecule has 5 nitrogen and oxygen atoms in total. The maximum absolute atomic E-state index is 12.4. The van der Waals surface area contributed by atoms with Crippen molar-refractivity contribution in [3.05, 3.63) is 58.5 Å². The van der Waals surface area contributed by atoms with Gasteiger partial charge in [-0.05, 0) is 36.1 Å². The summed E-state index contributed by atoms with van der Waals surface area (Å²) in [5.74, 6) is 2.50. The number of ether oxygens (including phenoxy) is 3. The van der Waals surface area contributed by atoms with Crippen molar-refractivity contribution in [2.45, 2.75) is 32.6 Å². The summed E-state index contributed by atoms with van der Waals surface area (Å²) in [7, 11) is 3.29. The third-order valence-corrected chi connectivity index (χ3v) is 6.84. The number of methoxy groups -OCH3 is 1. The normalized spacial score (nSPS) is 15.9. The minimum absolute atomic E-state index is 0.109. The Labute approximate surface area is 199 Å². The Balaban J connectivity index is 1.65. The van der Waals surface area contributed by atoms with Crippen LogP contribution in [0.15, 0.2) is 47.4 Å². The third kappa shape index (κ3) is 5.64. The van der Waals surface area contributed by atoms with Gasteiger partial charge in [-0.25, -0.2) is 0 Å². The van der Waals surface area contributed by atoms with Crippen molar-refractivity contribution in [2.24, 2.45) is 0 Å². The molecule has 0 radical (unpaired) electrons. The molecule has 1 atom stereocenters. The maximum Gasteiger partial charge on any atom is 0.265 e. The van der Waals surface area contributed by atoms with Gasteiger partial charge in [0.15, 0.2) is 11.5 Å². The zero-order chi connectivity index (χ0) is 23.1. The second-order valence-corrected chi connectivity index (χ2v) is 9.19. The summed E-state index contributed by atoms with van der Waals surface area (Å²) in [4.78, 5) is 14.4. The summed E-state index contributed by atoms with van der Waals surface area (Å²) in [5, 5.41) is 0. The lowest BCUT2D eigenvalue weighted by atomic mass is 9.98. The minimum Gasteiger partial charge on any atom is -0.493 e. The van der Waals surface area contributed by atoms with E-state index in [0.717, 1.165) is 17.7 Å². The van der Waals surface area contributed by atoms with Crippen molar-refractivity contribution in [3.63, 3.8) is 0 Å². The smallest absolute Gasteiger partial charge is 0.265 e. The lowest BCUT2D eigenvalue weighted by Crippen LogP contribution is -2.22. The van der Waals surface area contributed by atoms with Crippen LogP contribution < -0.4 is 14.2 Å². The number of amides is 1. The van der Waals surface area contributed by atoms with Crippen LogP contribution in [0, 0.1) is 0 Å². The molecule has 1 aliphatic rings. The molecular weight excluding hydrogens is 442 g/mol. The van der Waals surface area contributed by atoms with Crippen LogP contribution in [0.3, 0.4) is 0 Å². The van der Waals surface area contributed by atoms with Crippen LogP contribution in [0.1, 0.15) is 43.7 Å². The molecule has 32 heavy (non-hydrogen) atoms. The largest absolute Gasteiger partial charge is 0.493 e. The number of rotatable bonds is 10. The predicted octanol–water partition coefficient (Wildman–Crippen LogP) is 5.89. The molecule has 0 spiro atoms. The summed E-state index contributed by atoms with van der Waals surface area (Å²) in [6, 6.07) is 13.8. The van der Waals surface area contributed by atoms with Gasteiger partial charge >= 0.3 is 0 Å². The van der Waals surface area contributed by atoms with Crippen molar-refractivity contribution in [2.75, 3.05) is 27.4 Å². The fraction of sp³-hybridized carbons (Fsp3) is 0.360. The molecule has 0 saturated carbocycles. The van der Waals surface area contributed by atoms with Gasteiger partial charge in [-0.15, -0.1) is 0 Å². The summed E-state index contributed by atoms with van der Waals surface area (Å²) < 4.78 is 18.1. The number of thiocarbonyl (C=S) groups is 1. The van der Waals surface area contributed by atoms with Gasteiger partial charge in [0.1, 0.15) is 10.1 Å². The molecule has 1 heterocycles. The number of nitrogens with zero attached hydrogens (tertiary/aromatic N) is 1. The first-order valence-electron chi connectivity index (χ1n) is 10.7. The van der Waals surface area contributed by atoms with E-state index < -0.39 is 0 Å². The zero-order valence-corrected chi connectivity index (χ0v) is 20.6. The number of hydrogen-bond donors (Lipinski definition) is 0. The zero-order valence-electron chi connectivity index (χ0n) is 18.9. The molecule has 0 unspecified atom stereocenters. The van der Waals surface area contributed by atoms with Crippen molar-refractivity contribution in [1.29, 1.82) is 0 Å². The summed E-state index contributed by atoms with van der Waals surface area (Å²) in [6.45, 7) is 5.40. The molecule has 1 saturated heterocycles. The monoisotopic (exact) mass is 471 g/mol. The SMILES string of the molecule is CC[C@H](C)c1ccccc1OCCCOc1c(/C=C2\SC(=S)N(C)C2=O)cccc1OC. The average Bonchev–Trinajstić information content (AvgIpc) is 3.05. The number of benzene rings is 2. The standard InChI is InChI=1S/C25H29NO4S2/c1-5-17(2)19-11-6-7-12-20(19)29-14-9-15-30-23-18(10-8-13-21(23)28-4)16-22-24(27)26(3)25(31)32-22/h6-8,10-13,16-17H,5,9,14-15H2,1-4H3/b22-16-/t17-/m0/s1. The fourth-order valence-electron chi connectivity index (χ4n) is 3.30. The van der Waals surface area contributed by atoms with Gasteiger partial charge in [-0.3, -0.25) is 9.69 Å². The summed E-state index contributed by atoms with van der Waals surface area (Å²) >= 11 is 6.51. The molecular formula is C25H29NO4S2. The molecule has 1 fully saturated rings. The predicted molar refractivity (Wildman–Crippen MR) is 135 cm³/mol. The van der Waals surface area contributed by atoms with E-state index in [-0.39, 0.29) is 5.91 Å². The average molecular weight is 472 g/mol. The lowest BCUT2D eigenvalue weighted by molar-refractivity contribution is -0.121. The number of thioether (sulfide) groups is 1. The highest BCUT2D eigenvalue weighted by molar-refractivity contribution is 8.26. The van der Waals surface area contributed by atoms with Gasteiger partial charge in [-0.1, -0.05) is 68.2 Å². The Hall–Kier alpha value is -2.51. The van der Waals surface area contributed by atoms with Gasteiger partial charge in [0.2, 0.25) is 0 Å². The molecule has 0 N–H and O–H groups in total. The van der Waals surface area contributed by atoms with Crippen molar-refractivity contribution in [1.82, 2.24) is 4.90 Å². The van der Waals surface area contributed by atoms with Crippen LogP contribution in [0.2, 0.25) is 0 Å². The Morgan fingerprint density at radius 2 is 1.81 bits per heavy atom.